The van der Waals surface area contributed by atoms with E-state index in [-0.39, 0.29) is 17.9 Å². The molecule has 2 N–H and O–H groups in total. The molecule has 0 aliphatic carbocycles. The van der Waals surface area contributed by atoms with E-state index in [0.717, 1.165) is 25.9 Å². The number of nitrogens with zero attached hydrogens (tertiary/aromatic N) is 5. The second-order valence-electron chi connectivity index (χ2n) is 6.73. The van der Waals surface area contributed by atoms with Crippen LogP contribution in [0.25, 0.3) is 0 Å². The first-order chi connectivity index (χ1) is 12.5. The fraction of sp³-hybridized carbons (Fsp3) is 0.471. The van der Waals surface area contributed by atoms with E-state index in [1.54, 1.807) is 18.3 Å². The van der Waals surface area contributed by atoms with Gasteiger partial charge >= 0.3 is 6.09 Å². The minimum Gasteiger partial charge on any atom is -0.421 e. The minimum absolute atomic E-state index is 0.183. The number of carbonyl (C=O) groups excluding carboxylic acids is 1. The third kappa shape index (κ3) is 2.88. The lowest BCUT2D eigenvalue weighted by Crippen LogP contribution is -2.40. The van der Waals surface area contributed by atoms with Crippen LogP contribution in [0.4, 0.5) is 20.6 Å². The lowest BCUT2D eigenvalue weighted by molar-refractivity contribution is 0.0782. The molecule has 2 atom stereocenters. The quantitative estimate of drug-likeness (QED) is 0.899. The fourth-order valence-corrected chi connectivity index (χ4v) is 3.56. The molecule has 2 saturated heterocycles. The molecule has 0 saturated carbocycles. The molecule has 1 amide bonds. The van der Waals surface area contributed by atoms with E-state index in [1.165, 1.54) is 21.8 Å². The van der Waals surface area contributed by atoms with Crippen molar-refractivity contribution < 1.29 is 13.9 Å². The van der Waals surface area contributed by atoms with E-state index in [9.17, 15) is 9.18 Å². The fourth-order valence-electron chi connectivity index (χ4n) is 3.56. The summed E-state index contributed by atoms with van der Waals surface area (Å²) in [5.74, 6) is -0.359. The standard InChI is InChI=1S/C17H21FN6O2/c1-11-16(23-9-6-20-21-23)26-17(25)24(11)13-2-3-15(14(18)10-13)22-7-4-12(19)5-8-22/h2-3,6,9-12,16H,4-5,7-8,19H2,1H3/t11?,16-/m1/s1. The van der Waals surface area contributed by atoms with Gasteiger partial charge in [0.15, 0.2) is 0 Å². The Balaban J connectivity index is 1.56. The maximum Gasteiger partial charge on any atom is 0.416 e. The van der Waals surface area contributed by atoms with Crippen LogP contribution in [0.1, 0.15) is 26.0 Å². The van der Waals surface area contributed by atoms with E-state index in [0.29, 0.717) is 11.4 Å². The number of hydrogen-bond donors (Lipinski definition) is 1. The second-order valence-corrected chi connectivity index (χ2v) is 6.73. The van der Waals surface area contributed by atoms with Gasteiger partial charge < -0.3 is 15.4 Å². The first kappa shape index (κ1) is 16.8. The van der Waals surface area contributed by atoms with Crippen molar-refractivity contribution in [3.8, 4) is 0 Å². The Morgan fingerprint density at radius 3 is 2.73 bits per heavy atom. The number of hydrogen-bond acceptors (Lipinski definition) is 6. The largest absolute Gasteiger partial charge is 0.421 e. The van der Waals surface area contributed by atoms with Gasteiger partial charge in [-0.25, -0.2) is 13.9 Å². The number of ether oxygens (including phenoxy) is 1. The summed E-state index contributed by atoms with van der Waals surface area (Å²) in [6, 6.07) is 4.68. The molecule has 138 valence electrons. The maximum absolute atomic E-state index is 14.7. The van der Waals surface area contributed by atoms with Crippen LogP contribution in [0.5, 0.6) is 0 Å². The molecule has 2 fully saturated rings. The number of aromatic nitrogens is 3. The van der Waals surface area contributed by atoms with Gasteiger partial charge in [-0.05, 0) is 38.0 Å². The number of piperidine rings is 1. The summed E-state index contributed by atoms with van der Waals surface area (Å²) in [4.78, 5) is 15.7. The molecule has 1 aromatic heterocycles. The summed E-state index contributed by atoms with van der Waals surface area (Å²) in [5.41, 5.74) is 6.91. The number of rotatable bonds is 3. The Morgan fingerprint density at radius 2 is 2.08 bits per heavy atom. The van der Waals surface area contributed by atoms with Gasteiger partial charge in [-0.3, -0.25) is 4.90 Å². The number of amides is 1. The predicted octanol–water partition coefficient (Wildman–Crippen LogP) is 1.89. The third-order valence-corrected chi connectivity index (χ3v) is 5.03. The highest BCUT2D eigenvalue weighted by Crippen LogP contribution is 2.34. The topological polar surface area (TPSA) is 89.5 Å². The van der Waals surface area contributed by atoms with Gasteiger partial charge in [-0.2, -0.15) is 0 Å². The first-order valence-corrected chi connectivity index (χ1v) is 8.70. The monoisotopic (exact) mass is 360 g/mol. The highest BCUT2D eigenvalue weighted by Gasteiger charge is 2.41. The molecule has 9 heteroatoms. The average Bonchev–Trinajstić information content (AvgIpc) is 3.24. The van der Waals surface area contributed by atoms with Crippen LogP contribution in [0.2, 0.25) is 0 Å². The number of nitrogens with two attached hydrogens (primary N) is 1. The maximum atomic E-state index is 14.7. The molecule has 1 aromatic carbocycles. The van der Waals surface area contributed by atoms with Gasteiger partial charge in [0.05, 0.1) is 23.6 Å². The van der Waals surface area contributed by atoms with Crippen LogP contribution in [0, 0.1) is 5.82 Å². The number of benzene rings is 1. The Hall–Kier alpha value is -2.68. The predicted molar refractivity (Wildman–Crippen MR) is 93.3 cm³/mol. The number of halogens is 1. The Bertz CT molecular complexity index is 791. The van der Waals surface area contributed by atoms with Gasteiger partial charge in [0.2, 0.25) is 6.23 Å². The van der Waals surface area contributed by atoms with E-state index in [2.05, 4.69) is 10.3 Å². The van der Waals surface area contributed by atoms with Crippen LogP contribution in [-0.2, 0) is 4.74 Å². The van der Waals surface area contributed by atoms with Crippen molar-refractivity contribution in [2.75, 3.05) is 22.9 Å². The smallest absolute Gasteiger partial charge is 0.416 e. The zero-order valence-corrected chi connectivity index (χ0v) is 14.5. The summed E-state index contributed by atoms with van der Waals surface area (Å²) < 4.78 is 21.6. The van der Waals surface area contributed by atoms with Crippen molar-refractivity contribution in [2.24, 2.45) is 5.73 Å². The summed E-state index contributed by atoms with van der Waals surface area (Å²) in [7, 11) is 0. The average molecular weight is 360 g/mol. The summed E-state index contributed by atoms with van der Waals surface area (Å²) in [6.45, 7) is 3.29. The molecule has 0 radical (unpaired) electrons. The Kier molecular flexibility index (Phi) is 4.23. The van der Waals surface area contributed by atoms with Gasteiger partial charge in [-0.1, -0.05) is 5.21 Å². The van der Waals surface area contributed by atoms with E-state index in [1.807, 2.05) is 11.8 Å². The number of cyclic esters (lactones) is 1. The highest BCUT2D eigenvalue weighted by molar-refractivity contribution is 5.90. The second kappa shape index (κ2) is 6.56. The van der Waals surface area contributed by atoms with E-state index < -0.39 is 12.3 Å². The van der Waals surface area contributed by atoms with Crippen molar-refractivity contribution in [2.45, 2.75) is 38.1 Å². The third-order valence-electron chi connectivity index (χ3n) is 5.03. The van der Waals surface area contributed by atoms with Gasteiger partial charge in [-0.15, -0.1) is 5.10 Å². The van der Waals surface area contributed by atoms with Gasteiger partial charge in [0.1, 0.15) is 5.82 Å². The summed E-state index contributed by atoms with van der Waals surface area (Å²) in [5, 5.41) is 7.62. The number of anilines is 2. The molecule has 8 nitrogen and oxygen atoms in total. The summed E-state index contributed by atoms with van der Waals surface area (Å²) >= 11 is 0. The van der Waals surface area contributed by atoms with Crippen molar-refractivity contribution >= 4 is 17.5 Å². The molecule has 3 heterocycles. The van der Waals surface area contributed by atoms with Crippen LogP contribution >= 0.6 is 0 Å². The minimum atomic E-state index is -0.601. The lowest BCUT2D eigenvalue weighted by atomic mass is 10.1. The summed E-state index contributed by atoms with van der Waals surface area (Å²) in [6.07, 6.45) is 3.70. The van der Waals surface area contributed by atoms with Crippen molar-refractivity contribution in [3.63, 3.8) is 0 Å². The molecular weight excluding hydrogens is 339 g/mol. The first-order valence-electron chi connectivity index (χ1n) is 8.70. The van der Waals surface area contributed by atoms with Crippen LogP contribution in [0.3, 0.4) is 0 Å². The Labute approximate surface area is 150 Å². The van der Waals surface area contributed by atoms with E-state index >= 15 is 0 Å². The SMILES string of the molecule is CC1[C@H](n2ccnn2)OC(=O)N1c1ccc(N2CCC(N)CC2)c(F)c1. The molecular formula is C17H21FN6O2. The molecule has 2 aliphatic rings. The lowest BCUT2D eigenvalue weighted by Gasteiger charge is -2.32. The van der Waals surface area contributed by atoms with Gasteiger partial charge in [0.25, 0.3) is 0 Å². The molecule has 1 unspecified atom stereocenters. The van der Waals surface area contributed by atoms with Crippen molar-refractivity contribution in [1.29, 1.82) is 0 Å². The molecule has 26 heavy (non-hydrogen) atoms. The molecule has 0 spiro atoms. The van der Waals surface area contributed by atoms with Crippen LogP contribution in [-0.4, -0.2) is 46.3 Å². The molecule has 4 rings (SSSR count). The Morgan fingerprint density at radius 1 is 1.31 bits per heavy atom. The van der Waals surface area contributed by atoms with Gasteiger partial charge in [0, 0.05) is 25.3 Å². The zero-order valence-electron chi connectivity index (χ0n) is 14.5. The van der Waals surface area contributed by atoms with Crippen LogP contribution < -0.4 is 15.5 Å². The van der Waals surface area contributed by atoms with Crippen LogP contribution in [0.15, 0.2) is 30.6 Å². The molecule has 2 aromatic rings. The molecule has 0 bridgehead atoms. The molecule has 2 aliphatic heterocycles. The highest BCUT2D eigenvalue weighted by atomic mass is 19.1. The van der Waals surface area contributed by atoms with Crippen molar-refractivity contribution in [3.05, 3.63) is 36.4 Å². The zero-order chi connectivity index (χ0) is 18.3. The number of carbonyl (C=O) groups is 1. The normalized spacial score (nSPS) is 24.2. The van der Waals surface area contributed by atoms with E-state index in [4.69, 9.17) is 10.5 Å². The van der Waals surface area contributed by atoms with Crippen molar-refractivity contribution in [1.82, 2.24) is 15.0 Å².